The van der Waals surface area contributed by atoms with E-state index in [-0.39, 0.29) is 17.9 Å². The number of hydrogen-bond donors (Lipinski definition) is 1. The maximum absolute atomic E-state index is 12.6. The van der Waals surface area contributed by atoms with Gasteiger partial charge >= 0.3 is 5.97 Å². The van der Waals surface area contributed by atoms with E-state index in [1.807, 2.05) is 0 Å². The van der Waals surface area contributed by atoms with E-state index >= 15 is 0 Å². The van der Waals surface area contributed by atoms with E-state index in [2.05, 4.69) is 0 Å². The van der Waals surface area contributed by atoms with Crippen LogP contribution in [0.25, 0.3) is 0 Å². The smallest absolute Gasteiger partial charge is 0.326 e. The van der Waals surface area contributed by atoms with Gasteiger partial charge in [-0.3, -0.25) is 4.79 Å². The normalized spacial score (nSPS) is 40.9. The third-order valence-electron chi connectivity index (χ3n) is 5.11. The molecule has 5 nitrogen and oxygen atoms in total. The molecule has 5 heteroatoms. The quantitative estimate of drug-likeness (QED) is 0.832. The van der Waals surface area contributed by atoms with Crippen molar-refractivity contribution in [3.8, 4) is 0 Å². The van der Waals surface area contributed by atoms with Gasteiger partial charge in [-0.15, -0.1) is 0 Å². The standard InChI is InChI=1S/C14H21NO4/c1-19-8-6-11(14(17)18)15(7-8)13(16)12-9-4-2-3-5-10(9)12/h8-12H,2-7H2,1H3,(H,17,18). The number of carboxylic acids is 1. The van der Waals surface area contributed by atoms with Crippen molar-refractivity contribution in [1.82, 2.24) is 4.90 Å². The second kappa shape index (κ2) is 4.78. The summed E-state index contributed by atoms with van der Waals surface area (Å²) in [4.78, 5) is 25.4. The van der Waals surface area contributed by atoms with Crippen LogP contribution in [-0.2, 0) is 14.3 Å². The number of hydrogen-bond acceptors (Lipinski definition) is 3. The molecule has 0 spiro atoms. The lowest BCUT2D eigenvalue weighted by Gasteiger charge is -2.21. The highest BCUT2D eigenvalue weighted by Crippen LogP contribution is 2.56. The van der Waals surface area contributed by atoms with Crippen molar-refractivity contribution in [3.63, 3.8) is 0 Å². The molecule has 106 valence electrons. The molecule has 3 aliphatic rings. The molecule has 3 rings (SSSR count). The van der Waals surface area contributed by atoms with E-state index in [1.54, 1.807) is 12.0 Å². The van der Waals surface area contributed by atoms with Gasteiger partial charge in [0.1, 0.15) is 6.04 Å². The fraction of sp³-hybridized carbons (Fsp3) is 0.857. The first-order valence-corrected chi connectivity index (χ1v) is 7.19. The van der Waals surface area contributed by atoms with E-state index in [4.69, 9.17) is 4.74 Å². The number of carbonyl (C=O) groups excluding carboxylic acids is 1. The predicted molar refractivity (Wildman–Crippen MR) is 67.5 cm³/mol. The van der Waals surface area contributed by atoms with Gasteiger partial charge in [-0.1, -0.05) is 12.8 Å². The number of nitrogens with zero attached hydrogens (tertiary/aromatic N) is 1. The van der Waals surface area contributed by atoms with Crippen LogP contribution in [0, 0.1) is 17.8 Å². The van der Waals surface area contributed by atoms with Crippen molar-refractivity contribution in [3.05, 3.63) is 0 Å². The van der Waals surface area contributed by atoms with Crippen molar-refractivity contribution >= 4 is 11.9 Å². The Bertz CT molecular complexity index is 385. The summed E-state index contributed by atoms with van der Waals surface area (Å²) in [6.45, 7) is 0.433. The van der Waals surface area contributed by atoms with Crippen LogP contribution in [0.3, 0.4) is 0 Å². The summed E-state index contributed by atoms with van der Waals surface area (Å²) in [5.74, 6) is 0.301. The molecule has 2 saturated carbocycles. The Morgan fingerprint density at radius 2 is 1.84 bits per heavy atom. The lowest BCUT2D eigenvalue weighted by atomic mass is 10.0. The SMILES string of the molecule is COC1CC(C(=O)O)N(C(=O)C2C3CCCCC32)C1. The third kappa shape index (κ3) is 2.14. The fourth-order valence-electron chi connectivity index (χ4n) is 4.00. The summed E-state index contributed by atoms with van der Waals surface area (Å²) in [5, 5.41) is 9.26. The molecule has 0 aromatic rings. The molecule has 4 unspecified atom stereocenters. The molecule has 2 aliphatic carbocycles. The number of ether oxygens (including phenoxy) is 1. The van der Waals surface area contributed by atoms with Gasteiger partial charge in [0.25, 0.3) is 0 Å². The number of fused-ring (bicyclic) bond motifs is 1. The molecule has 1 heterocycles. The van der Waals surface area contributed by atoms with Crippen LogP contribution < -0.4 is 0 Å². The van der Waals surface area contributed by atoms with E-state index in [0.29, 0.717) is 24.8 Å². The number of methoxy groups -OCH3 is 1. The Balaban J connectivity index is 1.70. The molecule has 1 saturated heterocycles. The summed E-state index contributed by atoms with van der Waals surface area (Å²) in [5.41, 5.74) is 0. The minimum absolute atomic E-state index is 0.0591. The number of rotatable bonds is 3. The highest BCUT2D eigenvalue weighted by molar-refractivity contribution is 5.88. The predicted octanol–water partition coefficient (Wildman–Crippen LogP) is 1.12. The van der Waals surface area contributed by atoms with Crippen LogP contribution >= 0.6 is 0 Å². The van der Waals surface area contributed by atoms with Crippen LogP contribution in [0.1, 0.15) is 32.1 Å². The number of carboxylic acid groups (broad SMARTS) is 1. The molecular weight excluding hydrogens is 246 g/mol. The fourth-order valence-corrected chi connectivity index (χ4v) is 4.00. The molecule has 19 heavy (non-hydrogen) atoms. The van der Waals surface area contributed by atoms with Crippen molar-refractivity contribution in [2.45, 2.75) is 44.2 Å². The molecule has 1 aliphatic heterocycles. The number of aliphatic carboxylic acids is 1. The Kier molecular flexibility index (Phi) is 3.25. The molecule has 0 aromatic heterocycles. The van der Waals surface area contributed by atoms with Crippen LogP contribution in [-0.4, -0.2) is 47.7 Å². The van der Waals surface area contributed by atoms with Gasteiger partial charge in [-0.2, -0.15) is 0 Å². The molecule has 3 fully saturated rings. The van der Waals surface area contributed by atoms with Crippen LogP contribution in [0.2, 0.25) is 0 Å². The first-order valence-electron chi connectivity index (χ1n) is 7.19. The van der Waals surface area contributed by atoms with Gasteiger partial charge in [0.05, 0.1) is 6.10 Å². The zero-order chi connectivity index (χ0) is 13.6. The highest BCUT2D eigenvalue weighted by atomic mass is 16.5. The van der Waals surface area contributed by atoms with Gasteiger partial charge in [0, 0.05) is 26.0 Å². The van der Waals surface area contributed by atoms with E-state index < -0.39 is 12.0 Å². The first kappa shape index (κ1) is 12.9. The molecule has 1 amide bonds. The Labute approximate surface area is 112 Å². The Hall–Kier alpha value is -1.10. The van der Waals surface area contributed by atoms with E-state index in [9.17, 15) is 14.7 Å². The van der Waals surface area contributed by atoms with Gasteiger partial charge in [0.2, 0.25) is 5.91 Å². The van der Waals surface area contributed by atoms with Gasteiger partial charge in [-0.05, 0) is 24.7 Å². The summed E-state index contributed by atoms with van der Waals surface area (Å²) in [7, 11) is 1.58. The lowest BCUT2D eigenvalue weighted by molar-refractivity contribution is -0.149. The second-order valence-corrected chi connectivity index (χ2v) is 6.08. The maximum atomic E-state index is 12.6. The first-order chi connectivity index (χ1) is 9.13. The van der Waals surface area contributed by atoms with Crippen molar-refractivity contribution in [2.75, 3.05) is 13.7 Å². The maximum Gasteiger partial charge on any atom is 0.326 e. The van der Waals surface area contributed by atoms with Gasteiger partial charge in [-0.25, -0.2) is 4.79 Å². The molecule has 4 atom stereocenters. The van der Waals surface area contributed by atoms with Gasteiger partial charge in [0.15, 0.2) is 0 Å². The average molecular weight is 267 g/mol. The minimum Gasteiger partial charge on any atom is -0.480 e. The number of amides is 1. The monoisotopic (exact) mass is 267 g/mol. The number of likely N-dealkylation sites (tertiary alicyclic amines) is 1. The van der Waals surface area contributed by atoms with Crippen LogP contribution in [0.5, 0.6) is 0 Å². The molecule has 1 N–H and O–H groups in total. The Morgan fingerprint density at radius 1 is 1.21 bits per heavy atom. The topological polar surface area (TPSA) is 66.8 Å². The largest absolute Gasteiger partial charge is 0.480 e. The third-order valence-corrected chi connectivity index (χ3v) is 5.11. The highest BCUT2D eigenvalue weighted by Gasteiger charge is 2.57. The van der Waals surface area contributed by atoms with E-state index in [0.717, 1.165) is 12.8 Å². The average Bonchev–Trinajstić information content (AvgIpc) is 2.96. The van der Waals surface area contributed by atoms with Crippen LogP contribution in [0.4, 0.5) is 0 Å². The van der Waals surface area contributed by atoms with E-state index in [1.165, 1.54) is 12.8 Å². The van der Waals surface area contributed by atoms with Crippen molar-refractivity contribution < 1.29 is 19.4 Å². The second-order valence-electron chi connectivity index (χ2n) is 6.08. The zero-order valence-electron chi connectivity index (χ0n) is 11.2. The van der Waals surface area contributed by atoms with Crippen LogP contribution in [0.15, 0.2) is 0 Å². The summed E-state index contributed by atoms with van der Waals surface area (Å²) in [6.07, 6.45) is 4.99. The molecule has 0 bridgehead atoms. The van der Waals surface area contributed by atoms with Gasteiger partial charge < -0.3 is 14.7 Å². The molecule has 0 radical (unpaired) electrons. The summed E-state index contributed by atoms with van der Waals surface area (Å²) >= 11 is 0. The lowest BCUT2D eigenvalue weighted by Crippen LogP contribution is -2.41. The summed E-state index contributed by atoms with van der Waals surface area (Å²) < 4.78 is 5.23. The zero-order valence-corrected chi connectivity index (χ0v) is 11.2. The van der Waals surface area contributed by atoms with Crippen molar-refractivity contribution in [2.24, 2.45) is 17.8 Å². The minimum atomic E-state index is -0.906. The molecular formula is C14H21NO4. The molecule has 0 aromatic carbocycles. The summed E-state index contributed by atoms with van der Waals surface area (Å²) in [6, 6.07) is -0.694. The van der Waals surface area contributed by atoms with Crippen molar-refractivity contribution in [1.29, 1.82) is 0 Å². The number of carbonyl (C=O) groups is 2. The Morgan fingerprint density at radius 3 is 2.37 bits per heavy atom.